The Morgan fingerprint density at radius 3 is 2.28 bits per heavy atom. The van der Waals surface area contributed by atoms with Crippen LogP contribution in [0.1, 0.15) is 40.7 Å². The standard InChI is InChI=1S/C21H19Br2F3N2O4/c22-16-6-12(20(31)27-9-18(29)30)7-17(23)19(16)32-10-11-4-13(21(24,25)26)8-15(5-11)28-14-2-1-3-14/h4-8,14,28H,1-3,9-10H2,(H,27,31)(H,29,30). The summed E-state index contributed by atoms with van der Waals surface area (Å²) in [6.07, 6.45) is -1.58. The van der Waals surface area contributed by atoms with E-state index in [0.717, 1.165) is 31.4 Å². The number of ether oxygens (including phenoxy) is 1. The molecule has 0 atom stereocenters. The van der Waals surface area contributed by atoms with E-state index in [1.807, 2.05) is 0 Å². The Balaban J connectivity index is 1.77. The molecule has 1 fully saturated rings. The van der Waals surface area contributed by atoms with Gasteiger partial charge in [0.1, 0.15) is 18.9 Å². The highest BCUT2D eigenvalue weighted by Crippen LogP contribution is 2.37. The van der Waals surface area contributed by atoms with Crippen molar-refractivity contribution >= 4 is 49.4 Å². The van der Waals surface area contributed by atoms with E-state index in [2.05, 4.69) is 42.5 Å². The molecule has 1 aliphatic rings. The van der Waals surface area contributed by atoms with Crippen molar-refractivity contribution in [2.75, 3.05) is 11.9 Å². The van der Waals surface area contributed by atoms with Gasteiger partial charge in [-0.1, -0.05) is 0 Å². The topological polar surface area (TPSA) is 87.7 Å². The van der Waals surface area contributed by atoms with Gasteiger partial charge in [0.2, 0.25) is 0 Å². The first kappa shape index (κ1) is 24.4. The van der Waals surface area contributed by atoms with Crippen molar-refractivity contribution < 1.29 is 32.6 Å². The number of carboxylic acid groups (broad SMARTS) is 1. The maximum absolute atomic E-state index is 13.3. The van der Waals surface area contributed by atoms with Crippen molar-refractivity contribution in [3.05, 3.63) is 56.0 Å². The number of alkyl halides is 3. The maximum atomic E-state index is 13.3. The smallest absolute Gasteiger partial charge is 0.416 e. The summed E-state index contributed by atoms with van der Waals surface area (Å²) in [7, 11) is 0. The van der Waals surface area contributed by atoms with Crippen LogP contribution in [0.5, 0.6) is 5.75 Å². The zero-order valence-corrected chi connectivity index (χ0v) is 19.7. The zero-order chi connectivity index (χ0) is 23.5. The van der Waals surface area contributed by atoms with Gasteiger partial charge in [0.25, 0.3) is 5.91 Å². The van der Waals surface area contributed by atoms with Gasteiger partial charge in [-0.2, -0.15) is 13.2 Å². The lowest BCUT2D eigenvalue weighted by atomic mass is 9.93. The Morgan fingerprint density at radius 2 is 1.75 bits per heavy atom. The number of hydrogen-bond acceptors (Lipinski definition) is 4. The van der Waals surface area contributed by atoms with Crippen molar-refractivity contribution in [2.24, 2.45) is 0 Å². The van der Waals surface area contributed by atoms with Crippen LogP contribution in [-0.4, -0.2) is 29.6 Å². The van der Waals surface area contributed by atoms with Crippen molar-refractivity contribution in [1.82, 2.24) is 5.32 Å². The van der Waals surface area contributed by atoms with Gasteiger partial charge < -0.3 is 20.5 Å². The number of carbonyl (C=O) groups is 2. The predicted octanol–water partition coefficient (Wildman–Crippen LogP) is 5.59. The molecule has 0 heterocycles. The second kappa shape index (κ2) is 10.1. The van der Waals surface area contributed by atoms with Gasteiger partial charge >= 0.3 is 12.1 Å². The molecule has 1 saturated carbocycles. The molecule has 0 radical (unpaired) electrons. The van der Waals surface area contributed by atoms with E-state index in [0.29, 0.717) is 25.9 Å². The molecule has 0 bridgehead atoms. The second-order valence-corrected chi connectivity index (χ2v) is 9.03. The van der Waals surface area contributed by atoms with Crippen LogP contribution in [0.4, 0.5) is 18.9 Å². The molecular formula is C21H19Br2F3N2O4. The maximum Gasteiger partial charge on any atom is 0.416 e. The number of hydrogen-bond donors (Lipinski definition) is 3. The third-order valence-corrected chi connectivity index (χ3v) is 6.02. The van der Waals surface area contributed by atoms with E-state index in [1.165, 1.54) is 12.1 Å². The van der Waals surface area contributed by atoms with E-state index >= 15 is 0 Å². The Hall–Kier alpha value is -2.27. The molecule has 1 aliphatic carbocycles. The average Bonchev–Trinajstić information content (AvgIpc) is 2.67. The van der Waals surface area contributed by atoms with Crippen molar-refractivity contribution in [2.45, 2.75) is 38.1 Å². The Morgan fingerprint density at radius 1 is 1.09 bits per heavy atom. The fraction of sp³-hybridized carbons (Fsp3) is 0.333. The van der Waals surface area contributed by atoms with E-state index in [9.17, 15) is 22.8 Å². The number of benzene rings is 2. The summed E-state index contributed by atoms with van der Waals surface area (Å²) in [6.45, 7) is -0.663. The highest BCUT2D eigenvalue weighted by Gasteiger charge is 2.31. The summed E-state index contributed by atoms with van der Waals surface area (Å²) >= 11 is 6.57. The highest BCUT2D eigenvalue weighted by atomic mass is 79.9. The van der Waals surface area contributed by atoms with Crippen LogP contribution in [0.3, 0.4) is 0 Å². The normalized spacial score (nSPS) is 13.9. The summed E-state index contributed by atoms with van der Waals surface area (Å²) in [5, 5.41) is 14.0. The molecule has 172 valence electrons. The van der Waals surface area contributed by atoms with Gasteiger partial charge in [-0.3, -0.25) is 9.59 Å². The number of halogens is 5. The lowest BCUT2D eigenvalue weighted by Crippen LogP contribution is -2.29. The number of carboxylic acids is 1. The summed E-state index contributed by atoms with van der Waals surface area (Å²) < 4.78 is 46.5. The van der Waals surface area contributed by atoms with Gasteiger partial charge in [0.15, 0.2) is 0 Å². The van der Waals surface area contributed by atoms with Crippen molar-refractivity contribution in [1.29, 1.82) is 0 Å². The molecule has 2 aromatic carbocycles. The Labute approximate surface area is 198 Å². The minimum Gasteiger partial charge on any atom is -0.487 e. The van der Waals surface area contributed by atoms with Crippen LogP contribution in [0.25, 0.3) is 0 Å². The molecule has 6 nitrogen and oxygen atoms in total. The SMILES string of the molecule is O=C(O)CNC(=O)c1cc(Br)c(OCc2cc(NC3CCC3)cc(C(F)(F)F)c2)c(Br)c1. The van der Waals surface area contributed by atoms with Crippen LogP contribution in [-0.2, 0) is 17.6 Å². The van der Waals surface area contributed by atoms with E-state index in [1.54, 1.807) is 6.07 Å². The predicted molar refractivity (Wildman–Crippen MR) is 119 cm³/mol. The van der Waals surface area contributed by atoms with Crippen LogP contribution in [0, 0.1) is 0 Å². The molecule has 0 saturated heterocycles. The molecule has 3 rings (SSSR count). The first-order chi connectivity index (χ1) is 15.0. The van der Waals surface area contributed by atoms with E-state index in [4.69, 9.17) is 9.84 Å². The Bertz CT molecular complexity index is 1000. The number of amides is 1. The number of carbonyl (C=O) groups excluding carboxylic acids is 1. The first-order valence-corrected chi connectivity index (χ1v) is 11.2. The number of nitrogens with one attached hydrogen (secondary N) is 2. The van der Waals surface area contributed by atoms with Gasteiger partial charge in [-0.05, 0) is 87.0 Å². The highest BCUT2D eigenvalue weighted by molar-refractivity contribution is 9.11. The van der Waals surface area contributed by atoms with Crippen molar-refractivity contribution in [3.63, 3.8) is 0 Å². The summed E-state index contributed by atoms with van der Waals surface area (Å²) in [5.74, 6) is -1.47. The molecule has 32 heavy (non-hydrogen) atoms. The van der Waals surface area contributed by atoms with Crippen LogP contribution >= 0.6 is 31.9 Å². The first-order valence-electron chi connectivity index (χ1n) is 9.62. The fourth-order valence-electron chi connectivity index (χ4n) is 3.05. The second-order valence-electron chi connectivity index (χ2n) is 7.32. The van der Waals surface area contributed by atoms with E-state index < -0.39 is 30.2 Å². The molecule has 0 aromatic heterocycles. The minimum atomic E-state index is -4.49. The minimum absolute atomic E-state index is 0.134. The fourth-order valence-corrected chi connectivity index (χ4v) is 4.47. The van der Waals surface area contributed by atoms with Crippen LogP contribution < -0.4 is 15.4 Å². The van der Waals surface area contributed by atoms with Crippen LogP contribution in [0.2, 0.25) is 0 Å². The van der Waals surface area contributed by atoms with Gasteiger partial charge in [0.05, 0.1) is 14.5 Å². The van der Waals surface area contributed by atoms with Crippen molar-refractivity contribution in [3.8, 4) is 5.75 Å². The largest absolute Gasteiger partial charge is 0.487 e. The molecule has 0 aliphatic heterocycles. The number of aliphatic carboxylic acids is 1. The van der Waals surface area contributed by atoms with E-state index in [-0.39, 0.29) is 18.2 Å². The summed E-state index contributed by atoms with van der Waals surface area (Å²) in [5.41, 5.74) is 0.155. The molecule has 1 amide bonds. The van der Waals surface area contributed by atoms with Gasteiger partial charge in [0, 0.05) is 17.3 Å². The molecule has 11 heteroatoms. The molecule has 2 aromatic rings. The third-order valence-electron chi connectivity index (χ3n) is 4.84. The van der Waals surface area contributed by atoms with Gasteiger partial charge in [-0.25, -0.2) is 0 Å². The third kappa shape index (κ3) is 6.38. The summed E-state index contributed by atoms with van der Waals surface area (Å²) in [4.78, 5) is 22.7. The molecule has 3 N–H and O–H groups in total. The molecular weight excluding hydrogens is 561 g/mol. The van der Waals surface area contributed by atoms with Crippen LogP contribution in [0.15, 0.2) is 39.3 Å². The zero-order valence-electron chi connectivity index (χ0n) is 16.6. The number of anilines is 1. The number of rotatable bonds is 8. The Kier molecular flexibility index (Phi) is 7.71. The molecule has 0 unspecified atom stereocenters. The molecule has 0 spiro atoms. The average molecular weight is 580 g/mol. The van der Waals surface area contributed by atoms with Gasteiger partial charge in [-0.15, -0.1) is 0 Å². The monoisotopic (exact) mass is 578 g/mol. The quantitative estimate of drug-likeness (QED) is 0.379. The lowest BCUT2D eigenvalue weighted by molar-refractivity contribution is -0.138. The lowest BCUT2D eigenvalue weighted by Gasteiger charge is -2.28. The summed E-state index contributed by atoms with van der Waals surface area (Å²) in [6, 6.07) is 6.82.